The van der Waals surface area contributed by atoms with Crippen LogP contribution in [-0.2, 0) is 4.79 Å². The maximum absolute atomic E-state index is 11.6. The second-order valence-corrected chi connectivity index (χ2v) is 4.72. The molecule has 5 heteroatoms. The van der Waals surface area contributed by atoms with Crippen molar-refractivity contribution in [3.8, 4) is 0 Å². The van der Waals surface area contributed by atoms with Crippen LogP contribution in [0.4, 0.5) is 0 Å². The van der Waals surface area contributed by atoms with Gasteiger partial charge in [0.05, 0.1) is 16.1 Å². The van der Waals surface area contributed by atoms with Gasteiger partial charge < -0.3 is 10.0 Å². The molecule has 3 nitrogen and oxygen atoms in total. The predicted octanol–water partition coefficient (Wildman–Crippen LogP) is 2.21. The van der Waals surface area contributed by atoms with Crippen LogP contribution in [0.25, 0.3) is 6.08 Å². The van der Waals surface area contributed by atoms with Crippen LogP contribution in [0.2, 0.25) is 10.0 Å². The number of halogens is 2. The topological polar surface area (TPSA) is 40.5 Å². The summed E-state index contributed by atoms with van der Waals surface area (Å²) in [5.41, 5.74) is 0.814. The van der Waals surface area contributed by atoms with Crippen molar-refractivity contribution in [3.05, 3.63) is 39.9 Å². The van der Waals surface area contributed by atoms with Gasteiger partial charge in [-0.1, -0.05) is 29.3 Å². The maximum Gasteiger partial charge on any atom is 0.246 e. The van der Waals surface area contributed by atoms with Gasteiger partial charge in [0.2, 0.25) is 5.91 Å². The van der Waals surface area contributed by atoms with E-state index in [0.717, 1.165) is 5.56 Å². The molecule has 90 valence electrons. The van der Waals surface area contributed by atoms with Crippen LogP contribution in [0.5, 0.6) is 0 Å². The lowest BCUT2D eigenvalue weighted by Crippen LogP contribution is -2.52. The smallest absolute Gasteiger partial charge is 0.246 e. The SMILES string of the molecule is O=C(C=Cc1ccc(Cl)c(Cl)c1)N1CC(O)C1. The van der Waals surface area contributed by atoms with Gasteiger partial charge in [0.25, 0.3) is 0 Å². The first-order valence-electron chi connectivity index (χ1n) is 5.16. The first kappa shape index (κ1) is 12.4. The Hall–Kier alpha value is -1.03. The van der Waals surface area contributed by atoms with Crippen LogP contribution < -0.4 is 0 Å². The summed E-state index contributed by atoms with van der Waals surface area (Å²) >= 11 is 11.6. The molecule has 1 saturated heterocycles. The third-order valence-electron chi connectivity index (χ3n) is 2.54. The zero-order valence-electron chi connectivity index (χ0n) is 8.94. The summed E-state index contributed by atoms with van der Waals surface area (Å²) in [6.07, 6.45) is 2.76. The normalized spacial score (nSPS) is 16.3. The molecule has 0 atom stereocenters. The number of carbonyl (C=O) groups excluding carboxylic acids is 1. The van der Waals surface area contributed by atoms with Crippen molar-refractivity contribution in [2.45, 2.75) is 6.10 Å². The molecule has 0 unspecified atom stereocenters. The van der Waals surface area contributed by atoms with Crippen LogP contribution in [0, 0.1) is 0 Å². The number of carbonyl (C=O) groups is 1. The van der Waals surface area contributed by atoms with E-state index >= 15 is 0 Å². The van der Waals surface area contributed by atoms with Crippen molar-refractivity contribution < 1.29 is 9.90 Å². The van der Waals surface area contributed by atoms with Crippen molar-refractivity contribution in [3.63, 3.8) is 0 Å². The Morgan fingerprint density at radius 1 is 1.35 bits per heavy atom. The molecule has 1 aromatic rings. The molecule has 0 aliphatic carbocycles. The summed E-state index contributed by atoms with van der Waals surface area (Å²) in [6.45, 7) is 0.815. The average molecular weight is 272 g/mol. The van der Waals surface area contributed by atoms with E-state index in [4.69, 9.17) is 28.3 Å². The maximum atomic E-state index is 11.6. The molecule has 0 radical (unpaired) electrons. The minimum atomic E-state index is -0.377. The summed E-state index contributed by atoms with van der Waals surface area (Å²) < 4.78 is 0. The molecule has 0 spiro atoms. The number of hydrogen-bond acceptors (Lipinski definition) is 2. The van der Waals surface area contributed by atoms with Gasteiger partial charge in [-0.15, -0.1) is 0 Å². The number of hydrogen-bond donors (Lipinski definition) is 1. The monoisotopic (exact) mass is 271 g/mol. The molecule has 1 fully saturated rings. The molecule has 0 bridgehead atoms. The van der Waals surface area contributed by atoms with E-state index < -0.39 is 0 Å². The van der Waals surface area contributed by atoms with E-state index in [-0.39, 0.29) is 12.0 Å². The number of β-amino-alcohol motifs (C(OH)–C–C–N with tert-alkyl or cyclic N) is 1. The Bertz CT molecular complexity index is 468. The number of aliphatic hydroxyl groups is 1. The highest BCUT2D eigenvalue weighted by atomic mass is 35.5. The van der Waals surface area contributed by atoms with Crippen molar-refractivity contribution in [2.24, 2.45) is 0 Å². The highest BCUT2D eigenvalue weighted by molar-refractivity contribution is 6.42. The lowest BCUT2D eigenvalue weighted by Gasteiger charge is -2.34. The van der Waals surface area contributed by atoms with Crippen molar-refractivity contribution in [2.75, 3.05) is 13.1 Å². The minimum absolute atomic E-state index is 0.110. The van der Waals surface area contributed by atoms with Crippen LogP contribution in [-0.4, -0.2) is 35.1 Å². The van der Waals surface area contributed by atoms with Crippen LogP contribution in [0.1, 0.15) is 5.56 Å². The molecule has 1 N–H and O–H groups in total. The fourth-order valence-corrected chi connectivity index (χ4v) is 1.83. The Kier molecular flexibility index (Phi) is 3.72. The second kappa shape index (κ2) is 5.08. The number of benzene rings is 1. The first-order chi connectivity index (χ1) is 8.06. The Labute approximate surface area is 109 Å². The predicted molar refractivity (Wildman–Crippen MR) is 68.1 cm³/mol. The van der Waals surface area contributed by atoms with Crippen molar-refractivity contribution in [1.82, 2.24) is 4.90 Å². The number of nitrogens with zero attached hydrogens (tertiary/aromatic N) is 1. The van der Waals surface area contributed by atoms with Crippen molar-refractivity contribution >= 4 is 35.2 Å². The molecule has 1 heterocycles. The molecule has 1 aliphatic heterocycles. The van der Waals surface area contributed by atoms with E-state index in [2.05, 4.69) is 0 Å². The quantitative estimate of drug-likeness (QED) is 0.838. The Morgan fingerprint density at radius 2 is 2.06 bits per heavy atom. The Morgan fingerprint density at radius 3 is 2.65 bits per heavy atom. The molecule has 0 saturated carbocycles. The summed E-state index contributed by atoms with van der Waals surface area (Å²) in [5, 5.41) is 10.0. The van der Waals surface area contributed by atoms with Gasteiger partial charge in [0.1, 0.15) is 0 Å². The van der Waals surface area contributed by atoms with Gasteiger partial charge in [-0.05, 0) is 23.8 Å². The molecule has 0 aromatic heterocycles. The third kappa shape index (κ3) is 3.00. The number of aliphatic hydroxyl groups excluding tert-OH is 1. The minimum Gasteiger partial charge on any atom is -0.389 e. The van der Waals surface area contributed by atoms with E-state index in [9.17, 15) is 4.79 Å². The fourth-order valence-electron chi connectivity index (χ4n) is 1.52. The largest absolute Gasteiger partial charge is 0.389 e. The van der Waals surface area contributed by atoms with Crippen LogP contribution >= 0.6 is 23.2 Å². The van der Waals surface area contributed by atoms with Gasteiger partial charge in [0, 0.05) is 19.2 Å². The van der Waals surface area contributed by atoms with E-state index in [1.807, 2.05) is 0 Å². The molecule has 2 rings (SSSR count). The van der Waals surface area contributed by atoms with E-state index in [1.54, 1.807) is 29.2 Å². The molecular weight excluding hydrogens is 261 g/mol. The average Bonchev–Trinajstić information content (AvgIpc) is 2.26. The van der Waals surface area contributed by atoms with E-state index in [0.29, 0.717) is 23.1 Å². The zero-order chi connectivity index (χ0) is 12.4. The highest BCUT2D eigenvalue weighted by Crippen LogP contribution is 2.23. The van der Waals surface area contributed by atoms with Gasteiger partial charge in [-0.3, -0.25) is 4.79 Å². The fraction of sp³-hybridized carbons (Fsp3) is 0.250. The molecule has 1 aliphatic rings. The van der Waals surface area contributed by atoms with Gasteiger partial charge in [-0.2, -0.15) is 0 Å². The summed E-state index contributed by atoms with van der Waals surface area (Å²) in [5.74, 6) is -0.110. The van der Waals surface area contributed by atoms with Crippen LogP contribution in [0.15, 0.2) is 24.3 Å². The van der Waals surface area contributed by atoms with Gasteiger partial charge in [-0.25, -0.2) is 0 Å². The second-order valence-electron chi connectivity index (χ2n) is 3.90. The van der Waals surface area contributed by atoms with Gasteiger partial charge >= 0.3 is 0 Å². The van der Waals surface area contributed by atoms with Crippen LogP contribution in [0.3, 0.4) is 0 Å². The molecule has 1 amide bonds. The molecule has 17 heavy (non-hydrogen) atoms. The number of likely N-dealkylation sites (tertiary alicyclic amines) is 1. The van der Waals surface area contributed by atoms with Gasteiger partial charge in [0.15, 0.2) is 0 Å². The standard InChI is InChI=1S/C12H11Cl2NO2/c13-10-3-1-8(5-11(10)14)2-4-12(17)15-6-9(16)7-15/h1-5,9,16H,6-7H2. The number of rotatable bonds is 2. The third-order valence-corrected chi connectivity index (χ3v) is 3.27. The first-order valence-corrected chi connectivity index (χ1v) is 5.92. The zero-order valence-corrected chi connectivity index (χ0v) is 10.4. The lowest BCUT2D eigenvalue weighted by molar-refractivity contribution is -0.135. The van der Waals surface area contributed by atoms with Crippen molar-refractivity contribution in [1.29, 1.82) is 0 Å². The highest BCUT2D eigenvalue weighted by Gasteiger charge is 2.26. The molecule has 1 aromatic carbocycles. The van der Waals surface area contributed by atoms with E-state index in [1.165, 1.54) is 6.08 Å². The Balaban J connectivity index is 2.00. The lowest BCUT2D eigenvalue weighted by atomic mass is 10.1. The summed E-state index contributed by atoms with van der Waals surface area (Å²) in [6, 6.07) is 5.16. The summed E-state index contributed by atoms with van der Waals surface area (Å²) in [4.78, 5) is 13.1. The number of amides is 1. The molecular formula is C12H11Cl2NO2. The summed E-state index contributed by atoms with van der Waals surface area (Å²) in [7, 11) is 0.